The average Bonchev–Trinajstić information content (AvgIpc) is 2.21. The predicted molar refractivity (Wildman–Crippen MR) is 63.0 cm³/mol. The molecule has 2 unspecified atom stereocenters. The highest BCUT2D eigenvalue weighted by Gasteiger charge is 2.13. The van der Waals surface area contributed by atoms with Gasteiger partial charge in [-0.25, -0.2) is 0 Å². The summed E-state index contributed by atoms with van der Waals surface area (Å²) >= 11 is 0. The van der Waals surface area contributed by atoms with Gasteiger partial charge in [-0.15, -0.1) is 0 Å². The van der Waals surface area contributed by atoms with Crippen molar-refractivity contribution in [2.75, 3.05) is 26.9 Å². The van der Waals surface area contributed by atoms with Crippen LogP contribution >= 0.6 is 0 Å². The second kappa shape index (κ2) is 7.02. The second-order valence-corrected chi connectivity index (χ2v) is 4.79. The van der Waals surface area contributed by atoms with E-state index in [-0.39, 0.29) is 0 Å². The first-order chi connectivity index (χ1) is 7.22. The molecule has 0 aromatic heterocycles. The van der Waals surface area contributed by atoms with Crippen LogP contribution in [0.15, 0.2) is 11.6 Å². The fourth-order valence-corrected chi connectivity index (χ4v) is 1.94. The minimum absolute atomic E-state index is 0.510. The maximum Gasteiger partial charge on any atom is 0.0513 e. The van der Waals surface area contributed by atoms with Crippen molar-refractivity contribution in [2.24, 2.45) is 11.8 Å². The SMILES string of the molecule is COCC(C)COCC1CC=C(C)CC1. The van der Waals surface area contributed by atoms with Crippen LogP contribution in [0.3, 0.4) is 0 Å². The smallest absolute Gasteiger partial charge is 0.0513 e. The molecule has 0 aliphatic heterocycles. The van der Waals surface area contributed by atoms with Gasteiger partial charge in [0.25, 0.3) is 0 Å². The fourth-order valence-electron chi connectivity index (χ4n) is 1.94. The minimum Gasteiger partial charge on any atom is -0.384 e. The summed E-state index contributed by atoms with van der Waals surface area (Å²) in [6.07, 6.45) is 6.10. The third kappa shape index (κ3) is 5.33. The van der Waals surface area contributed by atoms with Crippen LogP contribution in [0.5, 0.6) is 0 Å². The minimum atomic E-state index is 0.510. The third-order valence-electron chi connectivity index (χ3n) is 2.95. The van der Waals surface area contributed by atoms with E-state index in [4.69, 9.17) is 9.47 Å². The maximum atomic E-state index is 5.71. The summed E-state index contributed by atoms with van der Waals surface area (Å²) < 4.78 is 10.8. The molecule has 0 heterocycles. The largest absolute Gasteiger partial charge is 0.384 e. The van der Waals surface area contributed by atoms with Gasteiger partial charge in [0.1, 0.15) is 0 Å². The van der Waals surface area contributed by atoms with Crippen LogP contribution in [0.2, 0.25) is 0 Å². The first-order valence-electron chi connectivity index (χ1n) is 5.94. The molecule has 1 aliphatic rings. The molecule has 88 valence electrons. The topological polar surface area (TPSA) is 18.5 Å². The Morgan fingerprint density at radius 1 is 1.47 bits per heavy atom. The van der Waals surface area contributed by atoms with Crippen molar-refractivity contribution in [1.82, 2.24) is 0 Å². The van der Waals surface area contributed by atoms with Gasteiger partial charge in [-0.2, -0.15) is 0 Å². The second-order valence-electron chi connectivity index (χ2n) is 4.79. The van der Waals surface area contributed by atoms with E-state index >= 15 is 0 Å². The number of allylic oxidation sites excluding steroid dienone is 2. The van der Waals surface area contributed by atoms with E-state index in [1.807, 2.05) is 0 Å². The van der Waals surface area contributed by atoms with Gasteiger partial charge in [-0.05, 0) is 32.1 Å². The van der Waals surface area contributed by atoms with Gasteiger partial charge >= 0.3 is 0 Å². The van der Waals surface area contributed by atoms with Gasteiger partial charge < -0.3 is 9.47 Å². The zero-order valence-electron chi connectivity index (χ0n) is 10.3. The molecule has 15 heavy (non-hydrogen) atoms. The molecule has 1 aliphatic carbocycles. The van der Waals surface area contributed by atoms with Crippen molar-refractivity contribution in [3.63, 3.8) is 0 Å². The van der Waals surface area contributed by atoms with Crippen LogP contribution in [0.1, 0.15) is 33.1 Å². The Hall–Kier alpha value is -0.340. The Labute approximate surface area is 93.7 Å². The lowest BCUT2D eigenvalue weighted by molar-refractivity contribution is 0.0447. The first-order valence-corrected chi connectivity index (χ1v) is 5.94. The molecule has 0 N–H and O–H groups in total. The standard InChI is InChI=1S/C13H24O2/c1-11-4-6-13(7-5-11)10-15-9-12(2)8-14-3/h4,12-13H,5-10H2,1-3H3. The van der Waals surface area contributed by atoms with Gasteiger partial charge in [0.05, 0.1) is 13.2 Å². The van der Waals surface area contributed by atoms with Crippen LogP contribution in [-0.4, -0.2) is 26.9 Å². The molecular weight excluding hydrogens is 188 g/mol. The van der Waals surface area contributed by atoms with Crippen molar-refractivity contribution in [3.8, 4) is 0 Å². The van der Waals surface area contributed by atoms with Crippen LogP contribution in [0.25, 0.3) is 0 Å². The molecule has 2 atom stereocenters. The van der Waals surface area contributed by atoms with Crippen LogP contribution in [0.4, 0.5) is 0 Å². The molecule has 0 saturated heterocycles. The molecule has 0 aromatic carbocycles. The number of ether oxygens (including phenoxy) is 2. The van der Waals surface area contributed by atoms with Gasteiger partial charge in [-0.3, -0.25) is 0 Å². The molecule has 0 amide bonds. The summed E-state index contributed by atoms with van der Waals surface area (Å²) in [6.45, 7) is 6.92. The molecule has 0 bridgehead atoms. The number of hydrogen-bond acceptors (Lipinski definition) is 2. The van der Waals surface area contributed by atoms with Crippen LogP contribution < -0.4 is 0 Å². The summed E-state index contributed by atoms with van der Waals surface area (Å²) in [5, 5.41) is 0. The first kappa shape index (κ1) is 12.7. The molecule has 2 nitrogen and oxygen atoms in total. The van der Waals surface area contributed by atoms with Crippen LogP contribution in [0, 0.1) is 11.8 Å². The Morgan fingerprint density at radius 3 is 2.87 bits per heavy atom. The monoisotopic (exact) mass is 212 g/mol. The molecule has 0 aromatic rings. The molecule has 1 rings (SSSR count). The van der Waals surface area contributed by atoms with E-state index in [2.05, 4.69) is 19.9 Å². The van der Waals surface area contributed by atoms with Gasteiger partial charge in [-0.1, -0.05) is 18.6 Å². The van der Waals surface area contributed by atoms with E-state index in [1.54, 1.807) is 12.7 Å². The molecule has 0 saturated carbocycles. The maximum absolute atomic E-state index is 5.71. The van der Waals surface area contributed by atoms with Crippen molar-refractivity contribution in [3.05, 3.63) is 11.6 Å². The van der Waals surface area contributed by atoms with Crippen molar-refractivity contribution in [1.29, 1.82) is 0 Å². The zero-order chi connectivity index (χ0) is 11.1. The van der Waals surface area contributed by atoms with Gasteiger partial charge in [0, 0.05) is 19.6 Å². The van der Waals surface area contributed by atoms with E-state index in [9.17, 15) is 0 Å². The molecule has 0 fully saturated rings. The van der Waals surface area contributed by atoms with E-state index in [0.29, 0.717) is 5.92 Å². The van der Waals surface area contributed by atoms with Crippen molar-refractivity contribution < 1.29 is 9.47 Å². The molecule has 0 radical (unpaired) electrons. The third-order valence-corrected chi connectivity index (χ3v) is 2.95. The lowest BCUT2D eigenvalue weighted by atomic mass is 9.91. The fraction of sp³-hybridized carbons (Fsp3) is 0.846. The van der Waals surface area contributed by atoms with Gasteiger partial charge in [0.2, 0.25) is 0 Å². The zero-order valence-corrected chi connectivity index (χ0v) is 10.3. The predicted octanol–water partition coefficient (Wildman–Crippen LogP) is 3.03. The quantitative estimate of drug-likeness (QED) is 0.630. The Morgan fingerprint density at radius 2 is 2.27 bits per heavy atom. The van der Waals surface area contributed by atoms with E-state index < -0.39 is 0 Å². The Bertz CT molecular complexity index is 199. The number of rotatable bonds is 6. The lowest BCUT2D eigenvalue weighted by Crippen LogP contribution is -2.17. The molecule has 2 heteroatoms. The molecule has 0 spiro atoms. The Balaban J connectivity index is 2.05. The normalized spacial score (nSPS) is 23.7. The highest BCUT2D eigenvalue weighted by atomic mass is 16.5. The summed E-state index contributed by atoms with van der Waals surface area (Å²) in [7, 11) is 1.74. The summed E-state index contributed by atoms with van der Waals surface area (Å²) in [5.74, 6) is 1.25. The average molecular weight is 212 g/mol. The van der Waals surface area contributed by atoms with Crippen molar-refractivity contribution in [2.45, 2.75) is 33.1 Å². The highest BCUT2D eigenvalue weighted by Crippen LogP contribution is 2.23. The Kier molecular flexibility index (Phi) is 5.96. The lowest BCUT2D eigenvalue weighted by Gasteiger charge is -2.21. The highest BCUT2D eigenvalue weighted by molar-refractivity contribution is 5.02. The molecular formula is C13H24O2. The summed E-state index contributed by atoms with van der Waals surface area (Å²) in [4.78, 5) is 0. The summed E-state index contributed by atoms with van der Waals surface area (Å²) in [5.41, 5.74) is 1.54. The van der Waals surface area contributed by atoms with E-state index in [0.717, 1.165) is 25.7 Å². The summed E-state index contributed by atoms with van der Waals surface area (Å²) in [6, 6.07) is 0. The van der Waals surface area contributed by atoms with Crippen LogP contribution in [-0.2, 0) is 9.47 Å². The van der Waals surface area contributed by atoms with Gasteiger partial charge in [0.15, 0.2) is 0 Å². The number of hydrogen-bond donors (Lipinski definition) is 0. The number of methoxy groups -OCH3 is 1. The van der Waals surface area contributed by atoms with Crippen molar-refractivity contribution >= 4 is 0 Å². The van der Waals surface area contributed by atoms with E-state index in [1.165, 1.54) is 19.3 Å².